The summed E-state index contributed by atoms with van der Waals surface area (Å²) < 4.78 is 77.9. The van der Waals surface area contributed by atoms with Crippen molar-refractivity contribution in [3.63, 3.8) is 0 Å². The van der Waals surface area contributed by atoms with Gasteiger partial charge < -0.3 is 10.2 Å². The number of fused-ring (bicyclic) bond motifs is 1. The minimum Gasteiger partial charge on any atom is -0.334 e. The zero-order chi connectivity index (χ0) is 28.9. The predicted octanol–water partition coefficient (Wildman–Crippen LogP) is 8.15. The Morgan fingerprint density at radius 3 is 1.75 bits per heavy atom. The molecule has 4 rings (SSSR count). The molecule has 0 saturated heterocycles. The van der Waals surface area contributed by atoms with Crippen LogP contribution in [-0.2, 0) is 30.2 Å². The van der Waals surface area contributed by atoms with Crippen molar-refractivity contribution in [2.24, 2.45) is 0 Å². The van der Waals surface area contributed by atoms with E-state index in [2.05, 4.69) is 5.32 Å². The number of nitrogens with zero attached hydrogens (tertiary/aromatic N) is 1. The SMILES string of the molecule is C[C@@H](NCCC(=O)N(Cc1ccc(C(F)(F)F)cc1)Cc1ccc(C(F)(F)F)cc1)c1cccc2ccccc12. The number of halogens is 6. The summed E-state index contributed by atoms with van der Waals surface area (Å²) in [5.41, 5.74) is 0.430. The molecule has 1 N–H and O–H groups in total. The van der Waals surface area contributed by atoms with Gasteiger partial charge in [0.05, 0.1) is 11.1 Å². The van der Waals surface area contributed by atoms with E-state index in [0.29, 0.717) is 17.7 Å². The molecular formula is C31H28F6N2O. The van der Waals surface area contributed by atoms with Crippen molar-refractivity contribution in [2.75, 3.05) is 6.54 Å². The van der Waals surface area contributed by atoms with E-state index in [0.717, 1.165) is 40.6 Å². The topological polar surface area (TPSA) is 32.3 Å². The van der Waals surface area contributed by atoms with Crippen LogP contribution in [0.4, 0.5) is 26.3 Å². The lowest BCUT2D eigenvalue weighted by Gasteiger charge is -2.24. The molecule has 0 spiro atoms. The highest BCUT2D eigenvalue weighted by Gasteiger charge is 2.31. The number of carbonyl (C=O) groups is 1. The third-order valence-electron chi connectivity index (χ3n) is 6.74. The average molecular weight is 559 g/mol. The van der Waals surface area contributed by atoms with Gasteiger partial charge in [-0.05, 0) is 58.7 Å². The Kier molecular flexibility index (Phi) is 8.83. The molecule has 0 unspecified atom stereocenters. The summed E-state index contributed by atoms with van der Waals surface area (Å²) in [7, 11) is 0. The molecular weight excluding hydrogens is 530 g/mol. The molecule has 3 nitrogen and oxygen atoms in total. The van der Waals surface area contributed by atoms with Gasteiger partial charge in [-0.25, -0.2) is 0 Å². The number of hydrogen-bond acceptors (Lipinski definition) is 2. The second kappa shape index (κ2) is 12.1. The number of nitrogens with one attached hydrogen (secondary N) is 1. The Labute approximate surface area is 228 Å². The smallest absolute Gasteiger partial charge is 0.334 e. The van der Waals surface area contributed by atoms with Crippen LogP contribution in [0.3, 0.4) is 0 Å². The molecule has 4 aromatic carbocycles. The number of amides is 1. The van der Waals surface area contributed by atoms with E-state index in [1.54, 1.807) is 0 Å². The van der Waals surface area contributed by atoms with Gasteiger partial charge in [0.2, 0.25) is 5.91 Å². The third-order valence-corrected chi connectivity index (χ3v) is 6.74. The molecule has 4 aromatic rings. The molecule has 210 valence electrons. The Hall–Kier alpha value is -3.85. The first-order chi connectivity index (χ1) is 18.9. The minimum atomic E-state index is -4.49. The van der Waals surface area contributed by atoms with Crippen LogP contribution < -0.4 is 5.32 Å². The van der Waals surface area contributed by atoms with Crippen molar-refractivity contribution in [2.45, 2.75) is 44.8 Å². The number of rotatable bonds is 9. The molecule has 0 aromatic heterocycles. The average Bonchev–Trinajstić information content (AvgIpc) is 2.92. The maximum Gasteiger partial charge on any atom is 0.416 e. The molecule has 9 heteroatoms. The van der Waals surface area contributed by atoms with Gasteiger partial charge >= 0.3 is 12.4 Å². The first-order valence-corrected chi connectivity index (χ1v) is 12.7. The normalized spacial score (nSPS) is 12.9. The second-order valence-corrected chi connectivity index (χ2v) is 9.63. The number of benzene rings is 4. The maximum atomic E-state index is 13.3. The summed E-state index contributed by atoms with van der Waals surface area (Å²) in [6.07, 6.45) is -8.88. The van der Waals surface area contributed by atoms with Gasteiger partial charge in [-0.2, -0.15) is 26.3 Å². The zero-order valence-electron chi connectivity index (χ0n) is 21.7. The molecule has 1 atom stereocenters. The van der Waals surface area contributed by atoms with E-state index in [4.69, 9.17) is 0 Å². The quantitative estimate of drug-likeness (QED) is 0.210. The molecule has 0 bridgehead atoms. The number of hydrogen-bond donors (Lipinski definition) is 1. The Balaban J connectivity index is 1.46. The number of alkyl halides is 6. The van der Waals surface area contributed by atoms with E-state index in [9.17, 15) is 31.1 Å². The molecule has 0 aliphatic heterocycles. The lowest BCUT2D eigenvalue weighted by molar-refractivity contribution is -0.138. The fourth-order valence-electron chi connectivity index (χ4n) is 4.56. The van der Waals surface area contributed by atoms with Crippen LogP contribution in [-0.4, -0.2) is 17.4 Å². The van der Waals surface area contributed by atoms with Crippen molar-refractivity contribution in [1.82, 2.24) is 10.2 Å². The van der Waals surface area contributed by atoms with Gasteiger partial charge in [0.15, 0.2) is 0 Å². The van der Waals surface area contributed by atoms with Crippen molar-refractivity contribution >= 4 is 16.7 Å². The van der Waals surface area contributed by atoms with Gasteiger partial charge in [0.1, 0.15) is 0 Å². The van der Waals surface area contributed by atoms with Crippen molar-refractivity contribution in [1.29, 1.82) is 0 Å². The summed E-state index contributed by atoms with van der Waals surface area (Å²) in [5, 5.41) is 5.56. The summed E-state index contributed by atoms with van der Waals surface area (Å²) in [6.45, 7) is 2.35. The molecule has 0 radical (unpaired) electrons. The van der Waals surface area contributed by atoms with Crippen LogP contribution in [0, 0.1) is 0 Å². The van der Waals surface area contributed by atoms with Gasteiger partial charge in [0.25, 0.3) is 0 Å². The fraction of sp³-hybridized carbons (Fsp3) is 0.258. The van der Waals surface area contributed by atoms with Crippen molar-refractivity contribution in [3.05, 3.63) is 119 Å². The molecule has 40 heavy (non-hydrogen) atoms. The highest BCUT2D eigenvalue weighted by atomic mass is 19.4. The summed E-state index contributed by atoms with van der Waals surface area (Å²) in [4.78, 5) is 14.7. The molecule has 0 aliphatic carbocycles. The third kappa shape index (κ3) is 7.41. The molecule has 0 saturated carbocycles. The Morgan fingerprint density at radius 2 is 1.23 bits per heavy atom. The van der Waals surface area contributed by atoms with Gasteiger partial charge in [-0.1, -0.05) is 66.7 Å². The molecule has 1 amide bonds. The van der Waals surface area contributed by atoms with Gasteiger partial charge in [-0.3, -0.25) is 4.79 Å². The van der Waals surface area contributed by atoms with Crippen LogP contribution >= 0.6 is 0 Å². The van der Waals surface area contributed by atoms with Crippen LogP contribution in [0.2, 0.25) is 0 Å². The molecule has 0 fully saturated rings. The second-order valence-electron chi connectivity index (χ2n) is 9.63. The van der Waals surface area contributed by atoms with E-state index >= 15 is 0 Å². The van der Waals surface area contributed by atoms with Crippen LogP contribution in [0.15, 0.2) is 91.0 Å². The summed E-state index contributed by atoms with van der Waals surface area (Å²) in [6, 6.07) is 22.9. The van der Waals surface area contributed by atoms with Crippen molar-refractivity contribution < 1.29 is 31.1 Å². The lowest BCUT2D eigenvalue weighted by atomic mass is 9.99. The van der Waals surface area contributed by atoms with Crippen molar-refractivity contribution in [3.8, 4) is 0 Å². The standard InChI is InChI=1S/C31H28F6N2O/c1-21(27-8-4-6-24-5-2-3-7-28(24)27)38-18-17-29(40)39(19-22-9-13-25(14-10-22)30(32,33)34)20-23-11-15-26(16-12-23)31(35,36)37/h2-16,21,38H,17-20H2,1H3/t21-/m1/s1. The summed E-state index contributed by atoms with van der Waals surface area (Å²) >= 11 is 0. The monoisotopic (exact) mass is 558 g/mol. The van der Waals surface area contributed by atoms with E-state index in [1.807, 2.05) is 49.4 Å². The minimum absolute atomic E-state index is 0.0108. The first kappa shape index (κ1) is 29.1. The predicted molar refractivity (Wildman–Crippen MR) is 142 cm³/mol. The maximum absolute atomic E-state index is 13.3. The van der Waals surface area contributed by atoms with Crippen LogP contribution in [0.1, 0.15) is 47.2 Å². The summed E-state index contributed by atoms with van der Waals surface area (Å²) in [5.74, 6) is -0.280. The Bertz CT molecular complexity index is 1360. The van der Waals surface area contributed by atoms with E-state index in [1.165, 1.54) is 29.2 Å². The van der Waals surface area contributed by atoms with Crippen LogP contribution in [0.25, 0.3) is 10.8 Å². The highest BCUT2D eigenvalue weighted by Crippen LogP contribution is 2.31. The fourth-order valence-corrected chi connectivity index (χ4v) is 4.56. The Morgan fingerprint density at radius 1 is 0.725 bits per heavy atom. The van der Waals surface area contributed by atoms with E-state index in [-0.39, 0.29) is 31.5 Å². The van der Waals surface area contributed by atoms with Gasteiger partial charge in [-0.15, -0.1) is 0 Å². The van der Waals surface area contributed by atoms with Gasteiger partial charge in [0, 0.05) is 32.1 Å². The highest BCUT2D eigenvalue weighted by molar-refractivity contribution is 5.86. The lowest BCUT2D eigenvalue weighted by Crippen LogP contribution is -2.33. The molecule has 0 aliphatic rings. The van der Waals surface area contributed by atoms with Crippen LogP contribution in [0.5, 0.6) is 0 Å². The van der Waals surface area contributed by atoms with E-state index < -0.39 is 23.5 Å². The largest absolute Gasteiger partial charge is 0.416 e. The molecule has 0 heterocycles. The number of carbonyl (C=O) groups excluding carboxylic acids is 1. The first-order valence-electron chi connectivity index (χ1n) is 12.7. The zero-order valence-corrected chi connectivity index (χ0v) is 21.7.